The summed E-state index contributed by atoms with van der Waals surface area (Å²) in [4.78, 5) is 6.94. The lowest BCUT2D eigenvalue weighted by Crippen LogP contribution is -2.34. The quantitative estimate of drug-likeness (QED) is 0.752. The summed E-state index contributed by atoms with van der Waals surface area (Å²) in [5, 5.41) is 0. The normalized spacial score (nSPS) is 19.6. The van der Waals surface area contributed by atoms with Crippen LogP contribution in [0.4, 0.5) is 0 Å². The maximum atomic E-state index is 4.40. The first kappa shape index (κ1) is 10.7. The van der Waals surface area contributed by atoms with Crippen LogP contribution in [0, 0.1) is 5.92 Å². The summed E-state index contributed by atoms with van der Waals surface area (Å²) in [6.07, 6.45) is 7.76. The van der Waals surface area contributed by atoms with Crippen molar-refractivity contribution in [3.8, 4) is 0 Å². The molecule has 0 atom stereocenters. The van der Waals surface area contributed by atoms with E-state index in [0.29, 0.717) is 0 Å². The second-order valence-corrected chi connectivity index (χ2v) is 4.54. The van der Waals surface area contributed by atoms with Crippen LogP contribution in [0.1, 0.15) is 25.6 Å². The Morgan fingerprint density at radius 1 is 1.40 bits per heavy atom. The first-order chi connectivity index (χ1) is 7.29. The molecule has 1 aromatic rings. The van der Waals surface area contributed by atoms with Gasteiger partial charge >= 0.3 is 0 Å². The molecule has 0 N–H and O–H groups in total. The molecule has 0 radical (unpaired) electrons. The van der Waals surface area contributed by atoms with Crippen molar-refractivity contribution in [2.24, 2.45) is 13.0 Å². The number of rotatable bonds is 3. The molecule has 0 aliphatic carbocycles. The van der Waals surface area contributed by atoms with E-state index in [1.54, 1.807) is 0 Å². The predicted octanol–water partition coefficient (Wildman–Crippen LogP) is 1.69. The average Bonchev–Trinajstić information content (AvgIpc) is 2.66. The van der Waals surface area contributed by atoms with Crippen LogP contribution in [0.5, 0.6) is 0 Å². The van der Waals surface area contributed by atoms with Crippen LogP contribution < -0.4 is 0 Å². The predicted molar refractivity (Wildman–Crippen MR) is 61.8 cm³/mol. The standard InChI is InChI=1S/C12H21N3/c1-3-15-7-4-11(5-8-15)10-12-13-6-9-14(12)2/h6,9,11H,3-5,7-8,10H2,1-2H3. The molecule has 1 aliphatic heterocycles. The van der Waals surface area contributed by atoms with Crippen molar-refractivity contribution < 1.29 is 0 Å². The van der Waals surface area contributed by atoms with E-state index in [1.165, 1.54) is 38.3 Å². The molecule has 0 saturated carbocycles. The number of hydrogen-bond acceptors (Lipinski definition) is 2. The van der Waals surface area contributed by atoms with Crippen LogP contribution in [0.2, 0.25) is 0 Å². The van der Waals surface area contributed by atoms with Gasteiger partial charge in [0.05, 0.1) is 0 Å². The van der Waals surface area contributed by atoms with Gasteiger partial charge in [0.15, 0.2) is 0 Å². The van der Waals surface area contributed by atoms with E-state index in [0.717, 1.165) is 12.3 Å². The molecular weight excluding hydrogens is 186 g/mol. The monoisotopic (exact) mass is 207 g/mol. The molecule has 84 valence electrons. The van der Waals surface area contributed by atoms with Crippen molar-refractivity contribution in [2.75, 3.05) is 19.6 Å². The van der Waals surface area contributed by atoms with Crippen molar-refractivity contribution in [3.63, 3.8) is 0 Å². The zero-order valence-corrected chi connectivity index (χ0v) is 9.82. The Morgan fingerprint density at radius 2 is 2.13 bits per heavy atom. The van der Waals surface area contributed by atoms with Gasteiger partial charge in [0.25, 0.3) is 0 Å². The number of likely N-dealkylation sites (tertiary alicyclic amines) is 1. The van der Waals surface area contributed by atoms with E-state index in [4.69, 9.17) is 0 Å². The zero-order valence-electron chi connectivity index (χ0n) is 9.82. The van der Waals surface area contributed by atoms with Gasteiger partial charge in [-0.15, -0.1) is 0 Å². The Bertz CT molecular complexity index is 298. The van der Waals surface area contributed by atoms with Crippen molar-refractivity contribution in [3.05, 3.63) is 18.2 Å². The second kappa shape index (κ2) is 4.79. The first-order valence-corrected chi connectivity index (χ1v) is 5.98. The van der Waals surface area contributed by atoms with Crippen molar-refractivity contribution >= 4 is 0 Å². The van der Waals surface area contributed by atoms with Crippen LogP contribution >= 0.6 is 0 Å². The molecule has 1 aromatic heterocycles. The molecule has 2 rings (SSSR count). The fraction of sp³-hybridized carbons (Fsp3) is 0.750. The summed E-state index contributed by atoms with van der Waals surface area (Å²) in [7, 11) is 2.09. The molecule has 0 amide bonds. The van der Waals surface area contributed by atoms with Gasteiger partial charge in [-0.3, -0.25) is 0 Å². The first-order valence-electron chi connectivity index (χ1n) is 5.98. The van der Waals surface area contributed by atoms with E-state index in [-0.39, 0.29) is 0 Å². The van der Waals surface area contributed by atoms with Crippen LogP contribution in [-0.4, -0.2) is 34.1 Å². The Hall–Kier alpha value is -0.830. The molecule has 15 heavy (non-hydrogen) atoms. The third kappa shape index (κ3) is 2.59. The third-order valence-electron chi connectivity index (χ3n) is 3.55. The topological polar surface area (TPSA) is 21.1 Å². The highest BCUT2D eigenvalue weighted by molar-refractivity contribution is 4.93. The van der Waals surface area contributed by atoms with Gasteiger partial charge in [-0.2, -0.15) is 0 Å². The number of aromatic nitrogens is 2. The number of piperidine rings is 1. The third-order valence-corrected chi connectivity index (χ3v) is 3.55. The summed E-state index contributed by atoms with van der Waals surface area (Å²) < 4.78 is 2.15. The van der Waals surface area contributed by atoms with E-state index in [1.807, 2.05) is 12.4 Å². The summed E-state index contributed by atoms with van der Waals surface area (Å²) in [6.45, 7) is 5.99. The van der Waals surface area contributed by atoms with Gasteiger partial charge in [-0.05, 0) is 38.4 Å². The molecule has 1 aliphatic rings. The Labute approximate surface area is 92.1 Å². The second-order valence-electron chi connectivity index (χ2n) is 4.54. The molecule has 0 bridgehead atoms. The number of imidazole rings is 1. The van der Waals surface area contributed by atoms with Crippen LogP contribution in [0.3, 0.4) is 0 Å². The summed E-state index contributed by atoms with van der Waals surface area (Å²) in [6, 6.07) is 0. The number of aryl methyl sites for hydroxylation is 1. The molecule has 1 saturated heterocycles. The molecule has 0 spiro atoms. The smallest absolute Gasteiger partial charge is 0.108 e. The maximum absolute atomic E-state index is 4.40. The Morgan fingerprint density at radius 3 is 2.67 bits per heavy atom. The molecular formula is C12H21N3. The van der Waals surface area contributed by atoms with Gasteiger partial charge < -0.3 is 9.47 Å². The summed E-state index contributed by atoms with van der Waals surface area (Å²) in [5.74, 6) is 2.08. The average molecular weight is 207 g/mol. The maximum Gasteiger partial charge on any atom is 0.108 e. The lowest BCUT2D eigenvalue weighted by atomic mass is 9.93. The minimum absolute atomic E-state index is 0.842. The number of nitrogens with zero attached hydrogens (tertiary/aromatic N) is 3. The highest BCUT2D eigenvalue weighted by atomic mass is 15.1. The highest BCUT2D eigenvalue weighted by Crippen LogP contribution is 2.20. The summed E-state index contributed by atoms with van der Waals surface area (Å²) >= 11 is 0. The van der Waals surface area contributed by atoms with Crippen molar-refractivity contribution in [1.82, 2.24) is 14.5 Å². The van der Waals surface area contributed by atoms with Gasteiger partial charge in [-0.1, -0.05) is 6.92 Å². The molecule has 0 aromatic carbocycles. The minimum Gasteiger partial charge on any atom is -0.338 e. The largest absolute Gasteiger partial charge is 0.338 e. The van der Waals surface area contributed by atoms with E-state index >= 15 is 0 Å². The fourth-order valence-electron chi connectivity index (χ4n) is 2.36. The van der Waals surface area contributed by atoms with E-state index in [2.05, 4.69) is 28.4 Å². The van der Waals surface area contributed by atoms with Crippen LogP contribution in [0.15, 0.2) is 12.4 Å². The molecule has 0 unspecified atom stereocenters. The van der Waals surface area contributed by atoms with Crippen LogP contribution in [-0.2, 0) is 13.5 Å². The van der Waals surface area contributed by atoms with Crippen LogP contribution in [0.25, 0.3) is 0 Å². The fourth-order valence-corrected chi connectivity index (χ4v) is 2.36. The van der Waals surface area contributed by atoms with Crippen molar-refractivity contribution in [2.45, 2.75) is 26.2 Å². The van der Waals surface area contributed by atoms with Gasteiger partial charge in [0.2, 0.25) is 0 Å². The zero-order chi connectivity index (χ0) is 10.7. The minimum atomic E-state index is 0.842. The molecule has 3 nitrogen and oxygen atoms in total. The SMILES string of the molecule is CCN1CCC(Cc2nccn2C)CC1. The molecule has 2 heterocycles. The van der Waals surface area contributed by atoms with Gasteiger partial charge in [0.1, 0.15) is 5.82 Å². The van der Waals surface area contributed by atoms with Crippen molar-refractivity contribution in [1.29, 1.82) is 0 Å². The molecule has 3 heteroatoms. The Kier molecular flexibility index (Phi) is 3.41. The Balaban J connectivity index is 1.85. The van der Waals surface area contributed by atoms with Gasteiger partial charge in [0, 0.05) is 25.9 Å². The van der Waals surface area contributed by atoms with E-state index < -0.39 is 0 Å². The lowest BCUT2D eigenvalue weighted by Gasteiger charge is -2.30. The number of hydrogen-bond donors (Lipinski definition) is 0. The van der Waals surface area contributed by atoms with Gasteiger partial charge in [-0.25, -0.2) is 4.98 Å². The lowest BCUT2D eigenvalue weighted by molar-refractivity contribution is 0.190. The summed E-state index contributed by atoms with van der Waals surface area (Å²) in [5.41, 5.74) is 0. The molecule has 1 fully saturated rings. The highest BCUT2D eigenvalue weighted by Gasteiger charge is 2.19. The van der Waals surface area contributed by atoms with E-state index in [9.17, 15) is 0 Å².